The molecule has 0 heterocycles. The average molecular weight is 216 g/mol. The summed E-state index contributed by atoms with van der Waals surface area (Å²) < 4.78 is 0.483. The van der Waals surface area contributed by atoms with Gasteiger partial charge in [0.1, 0.15) is 0 Å². The number of rotatable bonds is 6. The lowest BCUT2D eigenvalue weighted by Gasteiger charge is -2.34. The summed E-state index contributed by atoms with van der Waals surface area (Å²) >= 11 is 2.16. The second kappa shape index (κ2) is 6.05. The summed E-state index contributed by atoms with van der Waals surface area (Å²) in [7, 11) is 0. The molecule has 0 radical (unpaired) electrons. The summed E-state index contributed by atoms with van der Waals surface area (Å²) in [6, 6.07) is 0. The largest absolute Gasteiger partial charge is 0.153 e. The van der Waals surface area contributed by atoms with E-state index in [0.29, 0.717) is 4.75 Å². The van der Waals surface area contributed by atoms with Gasteiger partial charge in [0, 0.05) is 4.75 Å². The van der Waals surface area contributed by atoms with Crippen LogP contribution in [0.15, 0.2) is 0 Å². The molecule has 0 aliphatic rings. The van der Waals surface area contributed by atoms with Crippen LogP contribution in [0.25, 0.3) is 0 Å². The normalized spacial score (nSPS) is 13.3. The molecule has 1 heteroatoms. The van der Waals surface area contributed by atoms with Crippen molar-refractivity contribution in [3.8, 4) is 0 Å². The Morgan fingerprint density at radius 3 is 1.43 bits per heavy atom. The van der Waals surface area contributed by atoms with Gasteiger partial charge in [0.25, 0.3) is 0 Å². The zero-order valence-corrected chi connectivity index (χ0v) is 11.9. The molecular formula is C13H28S. The molecule has 0 fully saturated rings. The van der Waals surface area contributed by atoms with E-state index in [1.54, 1.807) is 0 Å². The highest BCUT2D eigenvalue weighted by atomic mass is 32.2. The zero-order valence-electron chi connectivity index (χ0n) is 11.1. The predicted octanol–water partition coefficient (Wildman–Crippen LogP) is 4.98. The molecule has 0 unspecified atom stereocenters. The molecule has 0 amide bonds. The van der Waals surface area contributed by atoms with Gasteiger partial charge in [-0.3, -0.25) is 0 Å². The predicted molar refractivity (Wildman–Crippen MR) is 70.0 cm³/mol. The summed E-state index contributed by atoms with van der Waals surface area (Å²) in [5.41, 5.74) is 0. The van der Waals surface area contributed by atoms with Crippen molar-refractivity contribution >= 4 is 11.8 Å². The van der Waals surface area contributed by atoms with Crippen LogP contribution >= 0.6 is 11.8 Å². The lowest BCUT2D eigenvalue weighted by molar-refractivity contribution is 0.402. The Morgan fingerprint density at radius 1 is 0.857 bits per heavy atom. The zero-order chi connectivity index (χ0) is 11.4. The second-order valence-electron chi connectivity index (χ2n) is 5.81. The van der Waals surface area contributed by atoms with Crippen molar-refractivity contribution in [3.63, 3.8) is 0 Å². The molecule has 0 aromatic heterocycles. The van der Waals surface area contributed by atoms with E-state index in [1.807, 2.05) is 0 Å². The van der Waals surface area contributed by atoms with Gasteiger partial charge in [0.2, 0.25) is 0 Å². The van der Waals surface area contributed by atoms with Crippen molar-refractivity contribution in [1.82, 2.24) is 0 Å². The molecule has 0 rings (SSSR count). The molecule has 0 aromatic carbocycles. The minimum Gasteiger partial charge on any atom is -0.153 e. The fraction of sp³-hybridized carbons (Fsp3) is 1.00. The topological polar surface area (TPSA) is 0 Å². The number of thioether (sulfide) groups is 1. The van der Waals surface area contributed by atoms with Crippen LogP contribution in [0.1, 0.15) is 61.3 Å². The van der Waals surface area contributed by atoms with Crippen molar-refractivity contribution in [2.24, 2.45) is 11.8 Å². The van der Waals surface area contributed by atoms with Gasteiger partial charge < -0.3 is 0 Å². The van der Waals surface area contributed by atoms with Gasteiger partial charge in [-0.1, -0.05) is 48.5 Å². The molecule has 0 atom stereocenters. The van der Waals surface area contributed by atoms with Crippen LogP contribution in [0.2, 0.25) is 0 Å². The first-order valence-corrected chi connectivity index (χ1v) is 6.81. The molecule has 0 aliphatic heterocycles. The lowest BCUT2D eigenvalue weighted by atomic mass is 9.90. The highest BCUT2D eigenvalue weighted by Gasteiger charge is 2.27. The van der Waals surface area contributed by atoms with Crippen LogP contribution in [-0.4, -0.2) is 10.00 Å². The van der Waals surface area contributed by atoms with Gasteiger partial charge in [-0.15, -0.1) is 0 Å². The second-order valence-corrected chi connectivity index (χ2v) is 7.98. The Kier molecular flexibility index (Phi) is 6.20. The van der Waals surface area contributed by atoms with Crippen molar-refractivity contribution in [2.45, 2.75) is 71.3 Å². The highest BCUT2D eigenvalue weighted by Crippen LogP contribution is 2.39. The van der Waals surface area contributed by atoms with E-state index < -0.39 is 0 Å². The van der Waals surface area contributed by atoms with Crippen molar-refractivity contribution in [1.29, 1.82) is 0 Å². The van der Waals surface area contributed by atoms with Crippen LogP contribution in [0.5, 0.6) is 0 Å². The maximum absolute atomic E-state index is 2.44. The van der Waals surface area contributed by atoms with Crippen LogP contribution in [0, 0.1) is 11.8 Å². The van der Waals surface area contributed by atoms with E-state index in [0.717, 1.165) is 17.1 Å². The number of hydrogen-bond donors (Lipinski definition) is 0. The quantitative estimate of drug-likeness (QED) is 0.603. The first-order chi connectivity index (χ1) is 6.25. The van der Waals surface area contributed by atoms with E-state index in [9.17, 15) is 0 Å². The minimum absolute atomic E-state index is 0.483. The molecule has 0 N–H and O–H groups in total. The maximum atomic E-state index is 2.44. The fourth-order valence-corrected chi connectivity index (χ4v) is 4.47. The summed E-state index contributed by atoms with van der Waals surface area (Å²) in [6.07, 6.45) is 2.68. The lowest BCUT2D eigenvalue weighted by Crippen LogP contribution is -2.26. The third kappa shape index (κ3) is 6.75. The van der Waals surface area contributed by atoms with Gasteiger partial charge >= 0.3 is 0 Å². The molecule has 86 valence electrons. The van der Waals surface area contributed by atoms with Crippen LogP contribution in [0.4, 0.5) is 0 Å². The van der Waals surface area contributed by atoms with Crippen molar-refractivity contribution < 1.29 is 0 Å². The Morgan fingerprint density at radius 2 is 1.21 bits per heavy atom. The Bertz CT molecular complexity index is 121. The number of hydrogen-bond acceptors (Lipinski definition) is 1. The summed E-state index contributed by atoms with van der Waals surface area (Å²) in [5, 5.41) is 0.748. The standard InChI is InChI=1S/C13H28S/c1-10(2)8-13(7,9-11(3)4)14-12(5)6/h10-12H,8-9H2,1-7H3. The third-order valence-corrected chi connectivity index (χ3v) is 3.57. The van der Waals surface area contributed by atoms with Gasteiger partial charge in [-0.05, 0) is 29.9 Å². The monoisotopic (exact) mass is 216 g/mol. The van der Waals surface area contributed by atoms with Crippen molar-refractivity contribution in [3.05, 3.63) is 0 Å². The Labute approximate surface area is 95.2 Å². The SMILES string of the molecule is CC(C)CC(C)(CC(C)C)SC(C)C. The Hall–Kier alpha value is 0.350. The summed E-state index contributed by atoms with van der Waals surface area (Å²) in [6.45, 7) is 16.4. The fourth-order valence-electron chi connectivity index (χ4n) is 2.48. The smallest absolute Gasteiger partial charge is 0.0139 e. The van der Waals surface area contributed by atoms with Crippen molar-refractivity contribution in [2.75, 3.05) is 0 Å². The summed E-state index contributed by atoms with van der Waals surface area (Å²) in [4.78, 5) is 0. The van der Waals surface area contributed by atoms with Crippen LogP contribution in [0.3, 0.4) is 0 Å². The molecule has 0 aromatic rings. The van der Waals surface area contributed by atoms with Gasteiger partial charge in [0.05, 0.1) is 0 Å². The summed E-state index contributed by atoms with van der Waals surface area (Å²) in [5.74, 6) is 1.62. The first kappa shape index (κ1) is 14.3. The first-order valence-electron chi connectivity index (χ1n) is 5.93. The van der Waals surface area contributed by atoms with E-state index >= 15 is 0 Å². The molecule has 0 nitrogen and oxygen atoms in total. The van der Waals surface area contributed by atoms with Gasteiger partial charge in [-0.25, -0.2) is 0 Å². The van der Waals surface area contributed by atoms with Gasteiger partial charge in [-0.2, -0.15) is 11.8 Å². The third-order valence-electron chi connectivity index (χ3n) is 2.20. The molecule has 0 saturated heterocycles. The van der Waals surface area contributed by atoms with Gasteiger partial charge in [0.15, 0.2) is 0 Å². The molecule has 0 aliphatic carbocycles. The molecular weight excluding hydrogens is 188 g/mol. The maximum Gasteiger partial charge on any atom is 0.0139 e. The van der Waals surface area contributed by atoms with E-state index in [2.05, 4.69) is 60.2 Å². The Balaban J connectivity index is 4.32. The van der Waals surface area contributed by atoms with Crippen LogP contribution in [-0.2, 0) is 0 Å². The van der Waals surface area contributed by atoms with E-state index in [-0.39, 0.29) is 0 Å². The van der Waals surface area contributed by atoms with Crippen LogP contribution < -0.4 is 0 Å². The van der Waals surface area contributed by atoms with E-state index in [1.165, 1.54) is 12.8 Å². The highest BCUT2D eigenvalue weighted by molar-refractivity contribution is 8.01. The van der Waals surface area contributed by atoms with E-state index in [4.69, 9.17) is 0 Å². The molecule has 0 bridgehead atoms. The molecule has 14 heavy (non-hydrogen) atoms. The average Bonchev–Trinajstić information content (AvgIpc) is 1.76. The molecule has 0 saturated carbocycles. The minimum atomic E-state index is 0.483. The molecule has 0 spiro atoms.